The zero-order valence-corrected chi connectivity index (χ0v) is 6.58. The summed E-state index contributed by atoms with van der Waals surface area (Å²) in [5.74, 6) is 1.18. The SMILES string of the molecule is [C-]#[N+]CC1CCC(CC#N)C1. The van der Waals surface area contributed by atoms with E-state index in [0.29, 0.717) is 24.8 Å². The first-order valence-corrected chi connectivity index (χ1v) is 4.07. The van der Waals surface area contributed by atoms with Gasteiger partial charge in [-0.15, -0.1) is 0 Å². The Bertz CT molecular complexity index is 175. The predicted molar refractivity (Wildman–Crippen MR) is 42.5 cm³/mol. The highest BCUT2D eigenvalue weighted by Crippen LogP contribution is 2.32. The van der Waals surface area contributed by atoms with Crippen LogP contribution in [0.2, 0.25) is 0 Å². The maximum Gasteiger partial charge on any atom is 0.217 e. The number of nitriles is 1. The van der Waals surface area contributed by atoms with E-state index in [-0.39, 0.29) is 0 Å². The highest BCUT2D eigenvalue weighted by molar-refractivity contribution is 4.85. The van der Waals surface area contributed by atoms with Gasteiger partial charge in [0.1, 0.15) is 0 Å². The van der Waals surface area contributed by atoms with Gasteiger partial charge in [-0.05, 0) is 25.2 Å². The maximum atomic E-state index is 8.43. The van der Waals surface area contributed by atoms with Crippen molar-refractivity contribution in [3.8, 4) is 6.07 Å². The van der Waals surface area contributed by atoms with Crippen molar-refractivity contribution in [1.29, 1.82) is 5.26 Å². The minimum absolute atomic E-state index is 0.589. The van der Waals surface area contributed by atoms with E-state index in [9.17, 15) is 0 Å². The summed E-state index contributed by atoms with van der Waals surface area (Å²) < 4.78 is 0. The molecule has 0 aliphatic heterocycles. The third-order valence-electron chi connectivity index (χ3n) is 2.38. The zero-order chi connectivity index (χ0) is 8.10. The van der Waals surface area contributed by atoms with Crippen molar-refractivity contribution in [2.75, 3.05) is 6.54 Å². The molecule has 0 aromatic carbocycles. The topological polar surface area (TPSA) is 28.1 Å². The smallest absolute Gasteiger partial charge is 0.217 e. The summed E-state index contributed by atoms with van der Waals surface area (Å²) >= 11 is 0. The number of hydrogen-bond acceptors (Lipinski definition) is 1. The fourth-order valence-corrected chi connectivity index (χ4v) is 1.79. The third kappa shape index (κ3) is 2.24. The monoisotopic (exact) mass is 148 g/mol. The van der Waals surface area contributed by atoms with Gasteiger partial charge in [-0.2, -0.15) is 5.26 Å². The van der Waals surface area contributed by atoms with Gasteiger partial charge in [-0.1, -0.05) is 0 Å². The van der Waals surface area contributed by atoms with E-state index in [1.807, 2.05) is 0 Å². The van der Waals surface area contributed by atoms with Gasteiger partial charge in [0.2, 0.25) is 6.54 Å². The van der Waals surface area contributed by atoms with Crippen LogP contribution in [0.4, 0.5) is 0 Å². The van der Waals surface area contributed by atoms with Crippen molar-refractivity contribution in [3.63, 3.8) is 0 Å². The van der Waals surface area contributed by atoms with Crippen molar-refractivity contribution >= 4 is 0 Å². The second kappa shape index (κ2) is 3.98. The van der Waals surface area contributed by atoms with Gasteiger partial charge in [0, 0.05) is 12.3 Å². The molecular weight excluding hydrogens is 136 g/mol. The van der Waals surface area contributed by atoms with E-state index < -0.39 is 0 Å². The third-order valence-corrected chi connectivity index (χ3v) is 2.38. The predicted octanol–water partition coefficient (Wildman–Crippen LogP) is 2.24. The molecule has 0 heterocycles. The van der Waals surface area contributed by atoms with Gasteiger partial charge in [-0.25, -0.2) is 6.57 Å². The molecule has 0 radical (unpaired) electrons. The lowest BCUT2D eigenvalue weighted by Gasteiger charge is -2.01. The van der Waals surface area contributed by atoms with Crippen LogP contribution in [-0.2, 0) is 0 Å². The van der Waals surface area contributed by atoms with Crippen molar-refractivity contribution in [3.05, 3.63) is 11.4 Å². The molecule has 1 fully saturated rings. The van der Waals surface area contributed by atoms with Crippen LogP contribution in [0.1, 0.15) is 25.7 Å². The zero-order valence-electron chi connectivity index (χ0n) is 6.58. The van der Waals surface area contributed by atoms with Crippen LogP contribution >= 0.6 is 0 Å². The standard InChI is InChI=1S/C9H12N2/c1-11-7-9-3-2-8(6-9)4-5-10/h8-9H,2-4,6-7H2. The van der Waals surface area contributed by atoms with Crippen LogP contribution in [-0.4, -0.2) is 6.54 Å². The Morgan fingerprint density at radius 3 is 2.82 bits per heavy atom. The molecule has 0 aromatic heterocycles. The fraction of sp³-hybridized carbons (Fsp3) is 0.778. The minimum Gasteiger partial charge on any atom is -0.317 e. The molecule has 2 nitrogen and oxygen atoms in total. The first kappa shape index (κ1) is 8.08. The van der Waals surface area contributed by atoms with E-state index in [2.05, 4.69) is 10.9 Å². The quantitative estimate of drug-likeness (QED) is 0.552. The number of nitrogens with zero attached hydrogens (tertiary/aromatic N) is 2. The highest BCUT2D eigenvalue weighted by Gasteiger charge is 2.25. The van der Waals surface area contributed by atoms with Gasteiger partial charge >= 0.3 is 0 Å². The molecule has 58 valence electrons. The molecule has 0 N–H and O–H groups in total. The summed E-state index contributed by atoms with van der Waals surface area (Å²) in [5, 5.41) is 8.43. The average molecular weight is 148 g/mol. The van der Waals surface area contributed by atoms with E-state index in [4.69, 9.17) is 11.8 Å². The van der Waals surface area contributed by atoms with Gasteiger partial charge in [0.05, 0.1) is 6.07 Å². The second-order valence-corrected chi connectivity index (χ2v) is 3.25. The molecule has 0 spiro atoms. The Morgan fingerprint density at radius 2 is 2.18 bits per heavy atom. The molecule has 2 unspecified atom stereocenters. The first-order chi connectivity index (χ1) is 5.36. The number of hydrogen-bond donors (Lipinski definition) is 0. The van der Waals surface area contributed by atoms with Crippen LogP contribution in [0.3, 0.4) is 0 Å². The van der Waals surface area contributed by atoms with E-state index >= 15 is 0 Å². The lowest BCUT2D eigenvalue weighted by molar-refractivity contribution is 0.519. The summed E-state index contributed by atoms with van der Waals surface area (Å²) in [7, 11) is 0. The van der Waals surface area contributed by atoms with Gasteiger partial charge in [-0.3, -0.25) is 0 Å². The first-order valence-electron chi connectivity index (χ1n) is 4.07. The Balaban J connectivity index is 2.25. The molecular formula is C9H12N2. The Labute approximate surface area is 67.6 Å². The molecule has 2 atom stereocenters. The second-order valence-electron chi connectivity index (χ2n) is 3.25. The summed E-state index contributed by atoms with van der Waals surface area (Å²) in [4.78, 5) is 3.38. The van der Waals surface area contributed by atoms with Crippen LogP contribution in [0.15, 0.2) is 0 Å². The molecule has 1 saturated carbocycles. The fourth-order valence-electron chi connectivity index (χ4n) is 1.79. The van der Waals surface area contributed by atoms with E-state index in [0.717, 1.165) is 19.3 Å². The largest absolute Gasteiger partial charge is 0.317 e. The molecule has 0 amide bonds. The summed E-state index contributed by atoms with van der Waals surface area (Å²) in [6.45, 7) is 7.36. The molecule has 0 saturated heterocycles. The average Bonchev–Trinajstić information content (AvgIpc) is 2.38. The lowest BCUT2D eigenvalue weighted by atomic mass is 10.0. The van der Waals surface area contributed by atoms with Crippen molar-refractivity contribution in [1.82, 2.24) is 0 Å². The highest BCUT2D eigenvalue weighted by atomic mass is 14.6. The van der Waals surface area contributed by atoms with Crippen molar-refractivity contribution in [2.45, 2.75) is 25.7 Å². The van der Waals surface area contributed by atoms with Crippen LogP contribution in [0, 0.1) is 29.7 Å². The molecule has 2 heteroatoms. The van der Waals surface area contributed by atoms with Crippen molar-refractivity contribution < 1.29 is 0 Å². The summed E-state index contributed by atoms with van der Waals surface area (Å²) in [6, 6.07) is 2.19. The Morgan fingerprint density at radius 1 is 1.45 bits per heavy atom. The minimum atomic E-state index is 0.589. The molecule has 0 bridgehead atoms. The van der Waals surface area contributed by atoms with Gasteiger partial charge in [0.15, 0.2) is 0 Å². The van der Waals surface area contributed by atoms with Gasteiger partial charge < -0.3 is 4.85 Å². The Kier molecular flexibility index (Phi) is 2.93. The van der Waals surface area contributed by atoms with E-state index in [1.54, 1.807) is 0 Å². The summed E-state index contributed by atoms with van der Waals surface area (Å²) in [5.41, 5.74) is 0. The molecule has 1 aliphatic carbocycles. The van der Waals surface area contributed by atoms with Crippen LogP contribution < -0.4 is 0 Å². The number of rotatable bonds is 2. The molecule has 11 heavy (non-hydrogen) atoms. The lowest BCUT2D eigenvalue weighted by Crippen LogP contribution is -1.98. The Hall–Kier alpha value is -1.02. The molecule has 1 rings (SSSR count). The van der Waals surface area contributed by atoms with Crippen LogP contribution in [0.25, 0.3) is 4.85 Å². The molecule has 0 aromatic rings. The maximum absolute atomic E-state index is 8.43. The van der Waals surface area contributed by atoms with Crippen molar-refractivity contribution in [2.24, 2.45) is 11.8 Å². The van der Waals surface area contributed by atoms with Gasteiger partial charge in [0.25, 0.3) is 0 Å². The van der Waals surface area contributed by atoms with E-state index in [1.165, 1.54) is 0 Å². The molecule has 1 aliphatic rings. The normalized spacial score (nSPS) is 29.3. The summed E-state index contributed by atoms with van der Waals surface area (Å²) in [6.07, 6.45) is 4.12. The van der Waals surface area contributed by atoms with Crippen LogP contribution in [0.5, 0.6) is 0 Å².